The Morgan fingerprint density at radius 3 is 2.58 bits per heavy atom. The SMILES string of the molecule is O=C(NC1CC1)c1cccc(NS(=O)(=O)c2ccc(Br)cc2Cl)c1. The summed E-state index contributed by atoms with van der Waals surface area (Å²) in [7, 11) is -3.85. The quantitative estimate of drug-likeness (QED) is 0.759. The molecular formula is C16H14BrClN2O3S. The molecule has 0 aromatic heterocycles. The number of hydrogen-bond donors (Lipinski definition) is 2. The summed E-state index contributed by atoms with van der Waals surface area (Å²) in [5.41, 5.74) is 0.710. The van der Waals surface area contributed by atoms with E-state index in [0.29, 0.717) is 15.7 Å². The molecule has 0 radical (unpaired) electrons. The minimum atomic E-state index is -3.85. The second-order valence-electron chi connectivity index (χ2n) is 5.51. The third-order valence-electron chi connectivity index (χ3n) is 3.47. The average Bonchev–Trinajstić information content (AvgIpc) is 3.30. The second kappa shape index (κ2) is 6.74. The Morgan fingerprint density at radius 2 is 1.92 bits per heavy atom. The summed E-state index contributed by atoms with van der Waals surface area (Å²) in [6.07, 6.45) is 1.97. The number of nitrogens with one attached hydrogen (secondary N) is 2. The molecule has 1 amide bonds. The van der Waals surface area contributed by atoms with Gasteiger partial charge in [0.05, 0.1) is 5.02 Å². The van der Waals surface area contributed by atoms with Crippen LogP contribution in [0.2, 0.25) is 5.02 Å². The Morgan fingerprint density at radius 1 is 1.17 bits per heavy atom. The van der Waals surface area contributed by atoms with E-state index in [1.165, 1.54) is 18.2 Å². The van der Waals surface area contributed by atoms with Crippen molar-refractivity contribution in [2.75, 3.05) is 4.72 Å². The van der Waals surface area contributed by atoms with Gasteiger partial charge in [-0.2, -0.15) is 0 Å². The van der Waals surface area contributed by atoms with Crippen molar-refractivity contribution in [3.63, 3.8) is 0 Å². The van der Waals surface area contributed by atoms with Crippen molar-refractivity contribution >= 4 is 49.1 Å². The first-order chi connectivity index (χ1) is 11.3. The van der Waals surface area contributed by atoms with Crippen LogP contribution < -0.4 is 10.0 Å². The Bertz CT molecular complexity index is 898. The number of carbonyl (C=O) groups excluding carboxylic acids is 1. The predicted molar refractivity (Wildman–Crippen MR) is 96.9 cm³/mol. The molecule has 0 spiro atoms. The van der Waals surface area contributed by atoms with Gasteiger partial charge in [-0.3, -0.25) is 9.52 Å². The molecule has 0 aliphatic heterocycles. The van der Waals surface area contributed by atoms with Crippen molar-refractivity contribution in [3.8, 4) is 0 Å². The third kappa shape index (κ3) is 4.09. The van der Waals surface area contributed by atoms with Crippen LogP contribution in [0.25, 0.3) is 0 Å². The van der Waals surface area contributed by atoms with Crippen LogP contribution in [-0.4, -0.2) is 20.4 Å². The maximum Gasteiger partial charge on any atom is 0.263 e. The molecule has 0 saturated heterocycles. The number of hydrogen-bond acceptors (Lipinski definition) is 3. The van der Waals surface area contributed by atoms with Gasteiger partial charge in [0.2, 0.25) is 0 Å². The number of rotatable bonds is 5. The van der Waals surface area contributed by atoms with Crippen LogP contribution in [0, 0.1) is 0 Å². The van der Waals surface area contributed by atoms with E-state index < -0.39 is 10.0 Å². The van der Waals surface area contributed by atoms with Crippen molar-refractivity contribution in [2.45, 2.75) is 23.8 Å². The zero-order chi connectivity index (χ0) is 17.3. The maximum absolute atomic E-state index is 12.5. The molecule has 2 aromatic carbocycles. The van der Waals surface area contributed by atoms with Crippen molar-refractivity contribution in [1.82, 2.24) is 5.32 Å². The van der Waals surface area contributed by atoms with Gasteiger partial charge in [0.1, 0.15) is 4.90 Å². The highest BCUT2D eigenvalue weighted by molar-refractivity contribution is 9.10. The van der Waals surface area contributed by atoms with E-state index >= 15 is 0 Å². The lowest BCUT2D eigenvalue weighted by Crippen LogP contribution is -2.25. The molecule has 3 rings (SSSR count). The molecule has 5 nitrogen and oxygen atoms in total. The van der Waals surface area contributed by atoms with Crippen molar-refractivity contribution in [2.24, 2.45) is 0 Å². The summed E-state index contributed by atoms with van der Waals surface area (Å²) in [6.45, 7) is 0. The van der Waals surface area contributed by atoms with Gasteiger partial charge in [-0.15, -0.1) is 0 Å². The summed E-state index contributed by atoms with van der Waals surface area (Å²) in [6, 6.07) is 11.1. The predicted octanol–water partition coefficient (Wildman–Crippen LogP) is 3.80. The van der Waals surface area contributed by atoms with E-state index in [9.17, 15) is 13.2 Å². The maximum atomic E-state index is 12.5. The van der Waals surface area contributed by atoms with Gasteiger partial charge in [-0.25, -0.2) is 8.42 Å². The molecular weight excluding hydrogens is 416 g/mol. The molecule has 1 saturated carbocycles. The summed E-state index contributed by atoms with van der Waals surface area (Å²) >= 11 is 9.25. The van der Waals surface area contributed by atoms with E-state index in [-0.39, 0.29) is 21.9 Å². The smallest absolute Gasteiger partial charge is 0.263 e. The fraction of sp³-hybridized carbons (Fsp3) is 0.188. The molecule has 126 valence electrons. The zero-order valence-corrected chi connectivity index (χ0v) is 15.6. The summed E-state index contributed by atoms with van der Waals surface area (Å²) in [4.78, 5) is 12.0. The molecule has 0 heterocycles. The molecule has 24 heavy (non-hydrogen) atoms. The van der Waals surface area contributed by atoms with Crippen LogP contribution in [0.5, 0.6) is 0 Å². The van der Waals surface area contributed by atoms with E-state index in [1.54, 1.807) is 24.3 Å². The number of carbonyl (C=O) groups is 1. The van der Waals surface area contributed by atoms with Crippen LogP contribution in [0.3, 0.4) is 0 Å². The fourth-order valence-electron chi connectivity index (χ4n) is 2.12. The first-order valence-electron chi connectivity index (χ1n) is 7.24. The Hall–Kier alpha value is -1.57. The van der Waals surface area contributed by atoms with Gasteiger partial charge in [-0.1, -0.05) is 33.6 Å². The van der Waals surface area contributed by atoms with E-state index in [4.69, 9.17) is 11.6 Å². The van der Waals surface area contributed by atoms with Crippen LogP contribution in [0.1, 0.15) is 23.2 Å². The number of benzene rings is 2. The first-order valence-corrected chi connectivity index (χ1v) is 9.89. The van der Waals surface area contributed by atoms with Gasteiger partial charge in [0.25, 0.3) is 15.9 Å². The van der Waals surface area contributed by atoms with Crippen LogP contribution in [0.4, 0.5) is 5.69 Å². The molecule has 1 aliphatic carbocycles. The summed E-state index contributed by atoms with van der Waals surface area (Å²) in [5, 5.41) is 2.98. The summed E-state index contributed by atoms with van der Waals surface area (Å²) in [5.74, 6) is -0.208. The van der Waals surface area contributed by atoms with E-state index in [1.807, 2.05) is 0 Å². The minimum absolute atomic E-state index is 0.0276. The largest absolute Gasteiger partial charge is 0.349 e. The third-order valence-corrected chi connectivity index (χ3v) is 5.83. The summed E-state index contributed by atoms with van der Waals surface area (Å²) < 4.78 is 28.1. The number of halogens is 2. The van der Waals surface area contributed by atoms with Gasteiger partial charge < -0.3 is 5.32 Å². The van der Waals surface area contributed by atoms with Gasteiger partial charge in [0, 0.05) is 21.8 Å². The highest BCUT2D eigenvalue weighted by atomic mass is 79.9. The molecule has 0 unspecified atom stereocenters. The lowest BCUT2D eigenvalue weighted by Gasteiger charge is -2.11. The lowest BCUT2D eigenvalue weighted by molar-refractivity contribution is 0.0951. The highest BCUT2D eigenvalue weighted by Crippen LogP contribution is 2.27. The van der Waals surface area contributed by atoms with E-state index in [0.717, 1.165) is 12.8 Å². The second-order valence-corrected chi connectivity index (χ2v) is 8.48. The molecule has 8 heteroatoms. The van der Waals surface area contributed by atoms with Crippen LogP contribution in [0.15, 0.2) is 51.8 Å². The number of sulfonamides is 1. The highest BCUT2D eigenvalue weighted by Gasteiger charge is 2.24. The molecule has 2 N–H and O–H groups in total. The fourth-order valence-corrected chi connectivity index (χ4v) is 4.21. The van der Waals surface area contributed by atoms with Crippen molar-refractivity contribution in [3.05, 3.63) is 57.5 Å². The monoisotopic (exact) mass is 428 g/mol. The Balaban J connectivity index is 1.83. The average molecular weight is 430 g/mol. The standard InChI is InChI=1S/C16H14BrClN2O3S/c17-11-4-7-15(14(18)9-11)24(22,23)20-13-3-1-2-10(8-13)16(21)19-12-5-6-12/h1-4,7-9,12,20H,5-6H2,(H,19,21). The zero-order valence-electron chi connectivity index (χ0n) is 12.4. The van der Waals surface area contributed by atoms with Crippen LogP contribution in [-0.2, 0) is 10.0 Å². The Labute approximate surface area is 153 Å². The van der Waals surface area contributed by atoms with Crippen molar-refractivity contribution < 1.29 is 13.2 Å². The topological polar surface area (TPSA) is 75.3 Å². The van der Waals surface area contributed by atoms with E-state index in [2.05, 4.69) is 26.0 Å². The van der Waals surface area contributed by atoms with Gasteiger partial charge in [0.15, 0.2) is 0 Å². The van der Waals surface area contributed by atoms with Crippen LogP contribution >= 0.6 is 27.5 Å². The normalized spacial score (nSPS) is 14.2. The first kappa shape index (κ1) is 17.3. The molecule has 2 aromatic rings. The molecule has 0 atom stereocenters. The number of anilines is 1. The number of amides is 1. The van der Waals surface area contributed by atoms with Gasteiger partial charge in [-0.05, 0) is 49.2 Å². The molecule has 1 aliphatic rings. The molecule has 1 fully saturated rings. The minimum Gasteiger partial charge on any atom is -0.349 e. The Kier molecular flexibility index (Phi) is 4.85. The van der Waals surface area contributed by atoms with Crippen molar-refractivity contribution in [1.29, 1.82) is 0 Å². The lowest BCUT2D eigenvalue weighted by atomic mass is 10.2. The van der Waals surface area contributed by atoms with Gasteiger partial charge >= 0.3 is 0 Å². The molecule has 0 bridgehead atoms.